The first kappa shape index (κ1) is 9.73. The molecule has 0 aliphatic carbocycles. The summed E-state index contributed by atoms with van der Waals surface area (Å²) >= 11 is 0. The van der Waals surface area contributed by atoms with Gasteiger partial charge >= 0.3 is 0 Å². The maximum Gasteiger partial charge on any atom is 0.119 e. The highest BCUT2D eigenvalue weighted by atomic mass is 16.5. The Bertz CT molecular complexity index is 496. The molecule has 1 aromatic heterocycles. The van der Waals surface area contributed by atoms with Gasteiger partial charge in [-0.2, -0.15) is 0 Å². The van der Waals surface area contributed by atoms with Crippen LogP contribution < -0.4 is 16.0 Å². The molecule has 4 nitrogen and oxygen atoms in total. The molecule has 0 aliphatic heterocycles. The first-order valence-corrected chi connectivity index (χ1v) is 4.66. The van der Waals surface area contributed by atoms with Crippen LogP contribution in [0.5, 0.6) is 5.75 Å². The Balaban J connectivity index is 2.66. The van der Waals surface area contributed by atoms with Crippen molar-refractivity contribution in [1.29, 1.82) is 0 Å². The molecule has 0 amide bonds. The molecule has 0 unspecified atom stereocenters. The molecule has 0 aliphatic rings. The summed E-state index contributed by atoms with van der Waals surface area (Å²) in [5.74, 6) is 6.21. The van der Waals surface area contributed by atoms with Crippen LogP contribution >= 0.6 is 0 Å². The van der Waals surface area contributed by atoms with Crippen molar-refractivity contribution in [2.45, 2.75) is 6.92 Å². The standard InChI is InChI=1S/C11H13N3O/c1-7-11(14-12)6-8-5-9(15-2)3-4-10(8)13-7/h3-6,14H,12H2,1-2H3. The van der Waals surface area contributed by atoms with E-state index in [1.807, 2.05) is 31.2 Å². The van der Waals surface area contributed by atoms with Crippen LogP contribution in [0, 0.1) is 6.92 Å². The lowest BCUT2D eigenvalue weighted by molar-refractivity contribution is 0.415. The number of rotatable bonds is 2. The zero-order chi connectivity index (χ0) is 10.8. The first-order chi connectivity index (χ1) is 7.24. The summed E-state index contributed by atoms with van der Waals surface area (Å²) in [6, 6.07) is 7.72. The van der Waals surface area contributed by atoms with Crippen molar-refractivity contribution < 1.29 is 4.74 Å². The molecule has 2 rings (SSSR count). The Kier molecular flexibility index (Phi) is 2.43. The van der Waals surface area contributed by atoms with Crippen LogP contribution in [0.2, 0.25) is 0 Å². The number of ether oxygens (including phenoxy) is 1. The number of nitrogens with one attached hydrogen (secondary N) is 1. The average Bonchev–Trinajstić information content (AvgIpc) is 2.27. The molecule has 2 aromatic rings. The predicted molar refractivity (Wildman–Crippen MR) is 60.8 cm³/mol. The third-order valence-electron chi connectivity index (χ3n) is 2.37. The fourth-order valence-electron chi connectivity index (χ4n) is 1.52. The molecule has 0 saturated carbocycles. The van der Waals surface area contributed by atoms with E-state index < -0.39 is 0 Å². The van der Waals surface area contributed by atoms with E-state index >= 15 is 0 Å². The molecule has 4 heteroatoms. The molecule has 0 saturated heterocycles. The Labute approximate surface area is 88.0 Å². The van der Waals surface area contributed by atoms with E-state index in [0.717, 1.165) is 28.0 Å². The van der Waals surface area contributed by atoms with Crippen LogP contribution in [-0.2, 0) is 0 Å². The number of nitrogens with two attached hydrogens (primary N) is 1. The Morgan fingerprint density at radius 2 is 2.13 bits per heavy atom. The number of anilines is 1. The molecule has 15 heavy (non-hydrogen) atoms. The number of pyridine rings is 1. The SMILES string of the molecule is COc1ccc2nc(C)c(NN)cc2c1. The molecule has 1 aromatic carbocycles. The number of hydrogen-bond acceptors (Lipinski definition) is 4. The number of methoxy groups -OCH3 is 1. The van der Waals surface area contributed by atoms with Crippen molar-refractivity contribution in [3.05, 3.63) is 30.0 Å². The molecule has 0 bridgehead atoms. The largest absolute Gasteiger partial charge is 0.497 e. The molecule has 0 spiro atoms. The van der Waals surface area contributed by atoms with Crippen LogP contribution in [0.15, 0.2) is 24.3 Å². The number of hydrogen-bond donors (Lipinski definition) is 2. The number of aromatic nitrogens is 1. The van der Waals surface area contributed by atoms with E-state index in [-0.39, 0.29) is 0 Å². The van der Waals surface area contributed by atoms with Gasteiger partial charge in [-0.3, -0.25) is 10.8 Å². The van der Waals surface area contributed by atoms with Crippen molar-refractivity contribution in [1.82, 2.24) is 4.98 Å². The van der Waals surface area contributed by atoms with E-state index in [2.05, 4.69) is 10.4 Å². The molecule has 1 heterocycles. The first-order valence-electron chi connectivity index (χ1n) is 4.66. The normalized spacial score (nSPS) is 10.3. The second-order valence-electron chi connectivity index (χ2n) is 3.32. The van der Waals surface area contributed by atoms with Gasteiger partial charge in [-0.25, -0.2) is 0 Å². The van der Waals surface area contributed by atoms with Crippen molar-refractivity contribution in [3.63, 3.8) is 0 Å². The minimum absolute atomic E-state index is 0.816. The van der Waals surface area contributed by atoms with Gasteiger partial charge in [-0.05, 0) is 31.2 Å². The third kappa shape index (κ3) is 1.71. The van der Waals surface area contributed by atoms with Crippen LogP contribution in [-0.4, -0.2) is 12.1 Å². The van der Waals surface area contributed by atoms with Gasteiger partial charge in [0.25, 0.3) is 0 Å². The van der Waals surface area contributed by atoms with E-state index in [9.17, 15) is 0 Å². The lowest BCUT2D eigenvalue weighted by Crippen LogP contribution is -2.08. The number of fused-ring (bicyclic) bond motifs is 1. The maximum absolute atomic E-state index is 5.39. The highest BCUT2D eigenvalue weighted by Gasteiger charge is 2.02. The fraction of sp³-hybridized carbons (Fsp3) is 0.182. The van der Waals surface area contributed by atoms with Gasteiger partial charge in [0.1, 0.15) is 5.75 Å². The summed E-state index contributed by atoms with van der Waals surface area (Å²) in [4.78, 5) is 4.42. The Hall–Kier alpha value is -1.81. The number of hydrazine groups is 1. The maximum atomic E-state index is 5.39. The van der Waals surface area contributed by atoms with Gasteiger partial charge < -0.3 is 10.2 Å². The van der Waals surface area contributed by atoms with Crippen LogP contribution in [0.3, 0.4) is 0 Å². The minimum atomic E-state index is 0.816. The van der Waals surface area contributed by atoms with Crippen LogP contribution in [0.4, 0.5) is 5.69 Å². The quantitative estimate of drug-likeness (QED) is 0.577. The lowest BCUT2D eigenvalue weighted by Gasteiger charge is -2.07. The molecular formula is C11H13N3O. The number of aryl methyl sites for hydroxylation is 1. The van der Waals surface area contributed by atoms with Crippen LogP contribution in [0.1, 0.15) is 5.69 Å². The van der Waals surface area contributed by atoms with Crippen molar-refractivity contribution >= 4 is 16.6 Å². The number of nitrogen functional groups attached to an aromatic ring is 1. The second kappa shape index (κ2) is 3.74. The summed E-state index contributed by atoms with van der Waals surface area (Å²) in [6.07, 6.45) is 0. The zero-order valence-electron chi connectivity index (χ0n) is 8.74. The molecule has 0 radical (unpaired) electrons. The molecule has 3 N–H and O–H groups in total. The average molecular weight is 203 g/mol. The van der Waals surface area contributed by atoms with E-state index in [1.54, 1.807) is 7.11 Å². The topological polar surface area (TPSA) is 60.2 Å². The van der Waals surface area contributed by atoms with E-state index in [4.69, 9.17) is 10.6 Å². The summed E-state index contributed by atoms with van der Waals surface area (Å²) in [7, 11) is 1.64. The van der Waals surface area contributed by atoms with E-state index in [0.29, 0.717) is 0 Å². The summed E-state index contributed by atoms with van der Waals surface area (Å²) in [5, 5.41) is 1.01. The summed E-state index contributed by atoms with van der Waals surface area (Å²) in [6.45, 7) is 1.92. The minimum Gasteiger partial charge on any atom is -0.497 e. The van der Waals surface area contributed by atoms with Crippen LogP contribution in [0.25, 0.3) is 10.9 Å². The molecule has 0 fully saturated rings. The Morgan fingerprint density at radius 3 is 2.80 bits per heavy atom. The van der Waals surface area contributed by atoms with Crippen molar-refractivity contribution in [3.8, 4) is 5.75 Å². The van der Waals surface area contributed by atoms with Gasteiger partial charge in [0.2, 0.25) is 0 Å². The second-order valence-corrected chi connectivity index (χ2v) is 3.32. The van der Waals surface area contributed by atoms with Gasteiger partial charge in [0.15, 0.2) is 0 Å². The van der Waals surface area contributed by atoms with Gasteiger partial charge in [0.05, 0.1) is 24.0 Å². The fourth-order valence-corrected chi connectivity index (χ4v) is 1.52. The van der Waals surface area contributed by atoms with Gasteiger partial charge in [-0.15, -0.1) is 0 Å². The van der Waals surface area contributed by atoms with Crippen molar-refractivity contribution in [2.24, 2.45) is 5.84 Å². The van der Waals surface area contributed by atoms with Gasteiger partial charge in [-0.1, -0.05) is 0 Å². The zero-order valence-corrected chi connectivity index (χ0v) is 8.74. The monoisotopic (exact) mass is 203 g/mol. The van der Waals surface area contributed by atoms with Gasteiger partial charge in [0, 0.05) is 5.39 Å². The number of benzene rings is 1. The molecule has 0 atom stereocenters. The Morgan fingerprint density at radius 1 is 1.33 bits per heavy atom. The number of nitrogens with zero attached hydrogens (tertiary/aromatic N) is 1. The predicted octanol–water partition coefficient (Wildman–Crippen LogP) is 1.84. The molecule has 78 valence electrons. The smallest absolute Gasteiger partial charge is 0.119 e. The third-order valence-corrected chi connectivity index (χ3v) is 2.37. The molecular weight excluding hydrogens is 190 g/mol. The van der Waals surface area contributed by atoms with Crippen molar-refractivity contribution in [2.75, 3.05) is 12.5 Å². The summed E-state index contributed by atoms with van der Waals surface area (Å²) < 4.78 is 5.15. The van der Waals surface area contributed by atoms with E-state index in [1.165, 1.54) is 0 Å². The summed E-state index contributed by atoms with van der Waals surface area (Å²) in [5.41, 5.74) is 5.27. The lowest BCUT2D eigenvalue weighted by atomic mass is 10.1. The highest BCUT2D eigenvalue weighted by molar-refractivity contribution is 5.83. The highest BCUT2D eigenvalue weighted by Crippen LogP contribution is 2.23.